The van der Waals surface area contributed by atoms with Gasteiger partial charge in [-0.25, -0.2) is 0 Å². The second kappa shape index (κ2) is 5.97. The Hall–Kier alpha value is -2.33. The zero-order chi connectivity index (χ0) is 14.7. The van der Waals surface area contributed by atoms with E-state index in [1.54, 1.807) is 0 Å². The monoisotopic (exact) mass is 299 g/mol. The number of rotatable bonds is 4. The minimum absolute atomic E-state index is 0.475. The maximum atomic E-state index is 5.94. The molecule has 106 valence electrons. The molecule has 0 radical (unpaired) electrons. The van der Waals surface area contributed by atoms with E-state index in [9.17, 15) is 0 Å². The maximum absolute atomic E-state index is 5.94. The number of aryl methyl sites for hydroxylation is 1. The van der Waals surface area contributed by atoms with Crippen LogP contribution in [0.15, 0.2) is 52.9 Å². The molecule has 0 aliphatic rings. The molecule has 0 bridgehead atoms. The van der Waals surface area contributed by atoms with Gasteiger partial charge in [-0.3, -0.25) is 0 Å². The van der Waals surface area contributed by atoms with Gasteiger partial charge < -0.3 is 9.73 Å². The van der Waals surface area contributed by atoms with Crippen LogP contribution in [0.25, 0.3) is 11.5 Å². The van der Waals surface area contributed by atoms with Crippen LogP contribution in [0.1, 0.15) is 11.5 Å². The number of hydrogen-bond acceptors (Lipinski definition) is 4. The summed E-state index contributed by atoms with van der Waals surface area (Å²) >= 11 is 5.94. The summed E-state index contributed by atoms with van der Waals surface area (Å²) in [6.45, 7) is 2.47. The fourth-order valence-electron chi connectivity index (χ4n) is 2.02. The van der Waals surface area contributed by atoms with E-state index in [1.807, 2.05) is 55.5 Å². The van der Waals surface area contributed by atoms with E-state index in [1.165, 1.54) is 0 Å². The molecule has 1 heterocycles. The summed E-state index contributed by atoms with van der Waals surface area (Å²) in [4.78, 5) is 0. The average Bonchev–Trinajstić information content (AvgIpc) is 2.96. The molecule has 0 unspecified atom stereocenters. The molecule has 0 amide bonds. The van der Waals surface area contributed by atoms with Crippen LogP contribution in [0.5, 0.6) is 0 Å². The van der Waals surface area contributed by atoms with Crippen molar-refractivity contribution in [3.05, 3.63) is 65.0 Å². The molecule has 2 aromatic carbocycles. The van der Waals surface area contributed by atoms with Crippen molar-refractivity contribution < 1.29 is 4.42 Å². The van der Waals surface area contributed by atoms with Crippen LogP contribution in [0.4, 0.5) is 5.69 Å². The second-order valence-corrected chi connectivity index (χ2v) is 5.12. The number of benzene rings is 2. The molecule has 21 heavy (non-hydrogen) atoms. The van der Waals surface area contributed by atoms with Crippen LogP contribution in [-0.2, 0) is 6.54 Å². The van der Waals surface area contributed by atoms with Crippen LogP contribution in [0.3, 0.4) is 0 Å². The lowest BCUT2D eigenvalue weighted by Gasteiger charge is -2.07. The molecule has 0 saturated heterocycles. The minimum Gasteiger partial charge on any atom is -0.419 e. The largest absolute Gasteiger partial charge is 0.419 e. The molecule has 0 spiro atoms. The van der Waals surface area contributed by atoms with Gasteiger partial charge in [0, 0.05) is 16.3 Å². The van der Waals surface area contributed by atoms with Crippen LogP contribution in [0.2, 0.25) is 5.02 Å². The molecular formula is C16H14ClN3O. The van der Waals surface area contributed by atoms with Crippen molar-refractivity contribution >= 4 is 17.3 Å². The Bertz CT molecular complexity index is 740. The summed E-state index contributed by atoms with van der Waals surface area (Å²) in [5.41, 5.74) is 2.99. The van der Waals surface area contributed by atoms with Gasteiger partial charge in [-0.1, -0.05) is 29.8 Å². The van der Waals surface area contributed by atoms with Crippen molar-refractivity contribution in [1.29, 1.82) is 0 Å². The normalized spacial score (nSPS) is 10.6. The van der Waals surface area contributed by atoms with Gasteiger partial charge in [0.25, 0.3) is 0 Å². The third kappa shape index (κ3) is 3.23. The minimum atomic E-state index is 0.475. The highest BCUT2D eigenvalue weighted by molar-refractivity contribution is 6.30. The first kappa shape index (κ1) is 13.6. The Balaban J connectivity index is 1.70. The van der Waals surface area contributed by atoms with E-state index in [-0.39, 0.29) is 0 Å². The molecule has 3 aromatic rings. The second-order valence-electron chi connectivity index (χ2n) is 4.68. The molecule has 0 saturated carbocycles. The molecular weight excluding hydrogens is 286 g/mol. The summed E-state index contributed by atoms with van der Waals surface area (Å²) in [6, 6.07) is 15.4. The summed E-state index contributed by atoms with van der Waals surface area (Å²) in [5.74, 6) is 1.07. The molecule has 3 rings (SSSR count). The Morgan fingerprint density at radius 3 is 2.67 bits per heavy atom. The lowest BCUT2D eigenvalue weighted by molar-refractivity contribution is 0.515. The van der Waals surface area contributed by atoms with Crippen LogP contribution < -0.4 is 5.32 Å². The van der Waals surface area contributed by atoms with E-state index < -0.39 is 0 Å². The fraction of sp³-hybridized carbons (Fsp3) is 0.125. The summed E-state index contributed by atoms with van der Waals surface area (Å²) in [7, 11) is 0. The maximum Gasteiger partial charge on any atom is 0.247 e. The number of anilines is 1. The zero-order valence-corrected chi connectivity index (χ0v) is 12.3. The van der Waals surface area contributed by atoms with Gasteiger partial charge in [0.2, 0.25) is 11.8 Å². The highest BCUT2D eigenvalue weighted by Gasteiger charge is 2.08. The fourth-order valence-corrected chi connectivity index (χ4v) is 2.25. The van der Waals surface area contributed by atoms with Crippen LogP contribution in [-0.4, -0.2) is 10.2 Å². The SMILES string of the molecule is Cc1cc(Cl)ccc1NCc1nnc(-c2ccccc2)o1. The molecule has 0 aliphatic heterocycles. The number of nitrogens with one attached hydrogen (secondary N) is 1. The molecule has 1 aromatic heterocycles. The average molecular weight is 300 g/mol. The van der Waals surface area contributed by atoms with Crippen molar-refractivity contribution in [3.8, 4) is 11.5 Å². The quantitative estimate of drug-likeness (QED) is 0.780. The van der Waals surface area contributed by atoms with Gasteiger partial charge in [-0.2, -0.15) is 0 Å². The zero-order valence-electron chi connectivity index (χ0n) is 11.5. The highest BCUT2D eigenvalue weighted by atomic mass is 35.5. The van der Waals surface area contributed by atoms with Crippen molar-refractivity contribution in [2.75, 3.05) is 5.32 Å². The van der Waals surface area contributed by atoms with E-state index >= 15 is 0 Å². The van der Waals surface area contributed by atoms with E-state index in [0.717, 1.165) is 21.8 Å². The number of nitrogens with zero attached hydrogens (tertiary/aromatic N) is 2. The van der Waals surface area contributed by atoms with E-state index in [4.69, 9.17) is 16.0 Å². The van der Waals surface area contributed by atoms with Gasteiger partial charge >= 0.3 is 0 Å². The predicted octanol–water partition coefficient (Wildman–Crippen LogP) is 4.31. The van der Waals surface area contributed by atoms with Gasteiger partial charge in [-0.15, -0.1) is 10.2 Å². The highest BCUT2D eigenvalue weighted by Crippen LogP contribution is 2.21. The summed E-state index contributed by atoms with van der Waals surface area (Å²) < 4.78 is 5.64. The van der Waals surface area contributed by atoms with Gasteiger partial charge in [0.15, 0.2) is 0 Å². The summed E-state index contributed by atoms with van der Waals surface area (Å²) in [6.07, 6.45) is 0. The standard InChI is InChI=1S/C16H14ClN3O/c1-11-9-13(17)7-8-14(11)18-10-15-19-20-16(21-15)12-5-3-2-4-6-12/h2-9,18H,10H2,1H3. The topological polar surface area (TPSA) is 51.0 Å². The third-order valence-corrected chi connectivity index (χ3v) is 3.34. The van der Waals surface area contributed by atoms with E-state index in [0.29, 0.717) is 18.3 Å². The van der Waals surface area contributed by atoms with Crippen LogP contribution in [0, 0.1) is 6.92 Å². The van der Waals surface area contributed by atoms with Crippen molar-refractivity contribution in [1.82, 2.24) is 10.2 Å². The first-order valence-corrected chi connectivity index (χ1v) is 6.98. The summed E-state index contributed by atoms with van der Waals surface area (Å²) in [5, 5.41) is 12.1. The Kier molecular flexibility index (Phi) is 3.88. The van der Waals surface area contributed by atoms with Gasteiger partial charge in [-0.05, 0) is 42.8 Å². The Morgan fingerprint density at radius 2 is 1.90 bits per heavy atom. The lowest BCUT2D eigenvalue weighted by atomic mass is 10.2. The predicted molar refractivity (Wildman–Crippen MR) is 83.2 cm³/mol. The molecule has 0 fully saturated rings. The van der Waals surface area contributed by atoms with Gasteiger partial charge in [0.05, 0.1) is 6.54 Å². The molecule has 4 nitrogen and oxygen atoms in total. The van der Waals surface area contributed by atoms with Crippen molar-refractivity contribution in [2.24, 2.45) is 0 Å². The number of aromatic nitrogens is 2. The smallest absolute Gasteiger partial charge is 0.247 e. The molecule has 1 N–H and O–H groups in total. The Morgan fingerprint density at radius 1 is 1.10 bits per heavy atom. The molecule has 0 atom stereocenters. The molecule has 0 aliphatic carbocycles. The lowest BCUT2D eigenvalue weighted by Crippen LogP contribution is -2.01. The van der Waals surface area contributed by atoms with Crippen molar-refractivity contribution in [2.45, 2.75) is 13.5 Å². The van der Waals surface area contributed by atoms with Crippen molar-refractivity contribution in [3.63, 3.8) is 0 Å². The number of hydrogen-bond donors (Lipinski definition) is 1. The van der Waals surface area contributed by atoms with E-state index in [2.05, 4.69) is 15.5 Å². The third-order valence-electron chi connectivity index (χ3n) is 3.11. The van der Waals surface area contributed by atoms with Gasteiger partial charge in [0.1, 0.15) is 0 Å². The first-order chi connectivity index (χ1) is 10.2. The first-order valence-electron chi connectivity index (χ1n) is 6.60. The molecule has 5 heteroatoms. The Labute approximate surface area is 127 Å². The number of halogens is 1. The van der Waals surface area contributed by atoms with Crippen LogP contribution >= 0.6 is 11.6 Å².